The van der Waals surface area contributed by atoms with E-state index in [1.54, 1.807) is 18.2 Å². The molecular weight excluding hydrogens is 397 g/mol. The molecule has 4 nitrogen and oxygen atoms in total. The summed E-state index contributed by atoms with van der Waals surface area (Å²) in [6, 6.07) is 22.0. The Hall–Kier alpha value is -2.79. The highest BCUT2D eigenvalue weighted by Gasteiger charge is 2.21. The maximum atomic E-state index is 9.97. The average Bonchev–Trinajstić information content (AvgIpc) is 3.14. The molecule has 4 rings (SSSR count). The monoisotopic (exact) mass is 411 g/mol. The summed E-state index contributed by atoms with van der Waals surface area (Å²) in [6.07, 6.45) is 0. The second kappa shape index (κ2) is 8.07. The Morgan fingerprint density at radius 1 is 0.893 bits per heavy atom. The van der Waals surface area contributed by atoms with Crippen molar-refractivity contribution in [1.29, 1.82) is 0 Å². The van der Waals surface area contributed by atoms with Gasteiger partial charge in [-0.15, -0.1) is 0 Å². The van der Waals surface area contributed by atoms with Crippen molar-refractivity contribution in [3.8, 4) is 34.1 Å². The Bertz CT molecular complexity index is 1110. The third-order valence-electron chi connectivity index (χ3n) is 4.21. The summed E-state index contributed by atoms with van der Waals surface area (Å²) in [7, 11) is 0. The van der Waals surface area contributed by atoms with E-state index in [2.05, 4.69) is 5.16 Å². The van der Waals surface area contributed by atoms with Gasteiger partial charge in [-0.2, -0.15) is 0 Å². The van der Waals surface area contributed by atoms with E-state index in [9.17, 15) is 5.11 Å². The first-order valence-electron chi connectivity index (χ1n) is 8.54. The van der Waals surface area contributed by atoms with E-state index >= 15 is 0 Å². The average molecular weight is 412 g/mol. The van der Waals surface area contributed by atoms with E-state index in [0.29, 0.717) is 38.4 Å². The quantitative estimate of drug-likeness (QED) is 0.401. The highest BCUT2D eigenvalue weighted by molar-refractivity contribution is 6.35. The highest BCUT2D eigenvalue weighted by Crippen LogP contribution is 2.38. The van der Waals surface area contributed by atoms with E-state index in [1.807, 2.05) is 54.6 Å². The predicted molar refractivity (Wildman–Crippen MR) is 110 cm³/mol. The number of nitrogens with zero attached hydrogens (tertiary/aromatic N) is 1. The lowest BCUT2D eigenvalue weighted by molar-refractivity contribution is 0.281. The van der Waals surface area contributed by atoms with Gasteiger partial charge in [0.05, 0.1) is 17.2 Å². The molecule has 0 saturated carbocycles. The van der Waals surface area contributed by atoms with Gasteiger partial charge in [-0.3, -0.25) is 0 Å². The third-order valence-corrected chi connectivity index (χ3v) is 4.77. The lowest BCUT2D eigenvalue weighted by atomic mass is 10.0. The van der Waals surface area contributed by atoms with Gasteiger partial charge in [0.2, 0.25) is 0 Å². The number of para-hydroxylation sites is 1. The topological polar surface area (TPSA) is 55.5 Å². The number of benzene rings is 3. The fraction of sp³-hybridized carbons (Fsp3) is 0.0455. The lowest BCUT2D eigenvalue weighted by Gasteiger charge is -2.07. The first-order chi connectivity index (χ1) is 13.7. The molecule has 1 N–H and O–H groups in total. The molecule has 6 heteroatoms. The highest BCUT2D eigenvalue weighted by atomic mass is 35.5. The van der Waals surface area contributed by atoms with Crippen molar-refractivity contribution in [2.45, 2.75) is 6.61 Å². The molecule has 0 aliphatic rings. The second-order valence-corrected chi connectivity index (χ2v) is 6.91. The van der Waals surface area contributed by atoms with Gasteiger partial charge in [0.1, 0.15) is 17.2 Å². The number of rotatable bonds is 5. The Kier molecular flexibility index (Phi) is 5.35. The first kappa shape index (κ1) is 18.6. The Labute approximate surface area is 171 Å². The molecule has 4 aromatic rings. The molecule has 3 aromatic carbocycles. The molecule has 0 unspecified atom stereocenters. The molecule has 0 amide bonds. The van der Waals surface area contributed by atoms with Gasteiger partial charge in [-0.05, 0) is 42.5 Å². The van der Waals surface area contributed by atoms with Crippen molar-refractivity contribution in [3.63, 3.8) is 0 Å². The number of hydrogen-bond donors (Lipinski definition) is 1. The molecule has 0 saturated heterocycles. The van der Waals surface area contributed by atoms with Crippen LogP contribution in [-0.4, -0.2) is 10.3 Å². The molecule has 28 heavy (non-hydrogen) atoms. The maximum Gasteiger partial charge on any atom is 0.174 e. The SMILES string of the molecule is OCc1c(-c2cccc(Oc3ccccc3)c2)noc1-c1cc(Cl)ccc1Cl. The zero-order chi connectivity index (χ0) is 19.5. The lowest BCUT2D eigenvalue weighted by Crippen LogP contribution is -1.91. The van der Waals surface area contributed by atoms with E-state index in [1.165, 1.54) is 0 Å². The van der Waals surface area contributed by atoms with Crippen LogP contribution in [0, 0.1) is 0 Å². The number of aliphatic hydroxyl groups is 1. The summed E-state index contributed by atoms with van der Waals surface area (Å²) >= 11 is 12.4. The van der Waals surface area contributed by atoms with Crippen LogP contribution in [0.5, 0.6) is 11.5 Å². The van der Waals surface area contributed by atoms with E-state index in [4.69, 9.17) is 32.5 Å². The molecule has 0 aliphatic heterocycles. The van der Waals surface area contributed by atoms with Crippen LogP contribution in [0.3, 0.4) is 0 Å². The minimum atomic E-state index is -0.263. The van der Waals surface area contributed by atoms with Crippen LogP contribution < -0.4 is 4.74 Å². The van der Waals surface area contributed by atoms with Crippen LogP contribution in [0.1, 0.15) is 5.56 Å². The van der Waals surface area contributed by atoms with Gasteiger partial charge in [0, 0.05) is 16.1 Å². The number of halogens is 2. The summed E-state index contributed by atoms with van der Waals surface area (Å²) in [5.74, 6) is 1.77. The van der Waals surface area contributed by atoms with Crippen molar-refractivity contribution in [3.05, 3.63) is 88.4 Å². The third kappa shape index (κ3) is 3.76. The number of hydrogen-bond acceptors (Lipinski definition) is 4. The molecule has 0 radical (unpaired) electrons. The molecule has 140 valence electrons. The van der Waals surface area contributed by atoms with E-state index < -0.39 is 0 Å². The predicted octanol–water partition coefficient (Wildman–Crippen LogP) is 6.60. The van der Waals surface area contributed by atoms with Crippen molar-refractivity contribution < 1.29 is 14.4 Å². The van der Waals surface area contributed by atoms with Gasteiger partial charge in [-0.25, -0.2) is 0 Å². The molecule has 1 heterocycles. The number of ether oxygens (including phenoxy) is 1. The number of aromatic nitrogens is 1. The molecular formula is C22H15Cl2NO3. The first-order valence-corrected chi connectivity index (χ1v) is 9.29. The fourth-order valence-electron chi connectivity index (χ4n) is 2.90. The fourth-order valence-corrected chi connectivity index (χ4v) is 3.27. The molecule has 1 aromatic heterocycles. The summed E-state index contributed by atoms with van der Waals surface area (Å²) in [5, 5.41) is 15.1. The minimum absolute atomic E-state index is 0.263. The van der Waals surface area contributed by atoms with Crippen LogP contribution in [0.15, 0.2) is 77.3 Å². The molecule has 0 spiro atoms. The summed E-state index contributed by atoms with van der Waals surface area (Å²) in [6.45, 7) is -0.263. The Balaban J connectivity index is 1.73. The van der Waals surface area contributed by atoms with Gasteiger partial charge in [-0.1, -0.05) is 58.7 Å². The summed E-state index contributed by atoms with van der Waals surface area (Å²) < 4.78 is 11.4. The van der Waals surface area contributed by atoms with E-state index in [-0.39, 0.29) is 6.61 Å². The maximum absolute atomic E-state index is 9.97. The molecule has 0 bridgehead atoms. The van der Waals surface area contributed by atoms with Crippen molar-refractivity contribution in [2.75, 3.05) is 0 Å². The standard InChI is InChI=1S/C22H15Cl2NO3/c23-15-9-10-20(24)18(12-15)22-19(13-26)21(25-28-22)14-5-4-8-17(11-14)27-16-6-2-1-3-7-16/h1-12,26H,13H2. The molecule has 0 atom stereocenters. The zero-order valence-corrected chi connectivity index (χ0v) is 16.1. The zero-order valence-electron chi connectivity index (χ0n) is 14.6. The van der Waals surface area contributed by atoms with Crippen LogP contribution in [0.4, 0.5) is 0 Å². The van der Waals surface area contributed by atoms with Crippen molar-refractivity contribution >= 4 is 23.2 Å². The molecule has 0 fully saturated rings. The second-order valence-electron chi connectivity index (χ2n) is 6.06. The van der Waals surface area contributed by atoms with Crippen LogP contribution >= 0.6 is 23.2 Å². The Morgan fingerprint density at radius 2 is 1.68 bits per heavy atom. The van der Waals surface area contributed by atoms with Gasteiger partial charge >= 0.3 is 0 Å². The largest absolute Gasteiger partial charge is 0.457 e. The van der Waals surface area contributed by atoms with Gasteiger partial charge < -0.3 is 14.4 Å². The smallest absolute Gasteiger partial charge is 0.174 e. The van der Waals surface area contributed by atoms with Crippen LogP contribution in [-0.2, 0) is 6.61 Å². The van der Waals surface area contributed by atoms with E-state index in [0.717, 1.165) is 11.3 Å². The molecule has 0 aliphatic carbocycles. The summed E-state index contributed by atoms with van der Waals surface area (Å²) in [4.78, 5) is 0. The van der Waals surface area contributed by atoms with Crippen molar-refractivity contribution in [2.24, 2.45) is 0 Å². The van der Waals surface area contributed by atoms with Gasteiger partial charge in [0.15, 0.2) is 5.76 Å². The number of aliphatic hydroxyl groups excluding tert-OH is 1. The van der Waals surface area contributed by atoms with Gasteiger partial charge in [0.25, 0.3) is 0 Å². The van der Waals surface area contributed by atoms with Crippen LogP contribution in [0.25, 0.3) is 22.6 Å². The summed E-state index contributed by atoms with van der Waals surface area (Å²) in [5.41, 5.74) is 2.38. The normalized spacial score (nSPS) is 10.8. The van der Waals surface area contributed by atoms with Crippen LogP contribution in [0.2, 0.25) is 10.0 Å². The van der Waals surface area contributed by atoms with Crippen molar-refractivity contribution in [1.82, 2.24) is 5.16 Å². The minimum Gasteiger partial charge on any atom is -0.457 e. The Morgan fingerprint density at radius 3 is 2.46 bits per heavy atom.